The molecule has 0 atom stereocenters. The van der Waals surface area contributed by atoms with Crippen LogP contribution in [0.3, 0.4) is 0 Å². The van der Waals surface area contributed by atoms with E-state index in [1.807, 2.05) is 0 Å². The largest absolute Gasteiger partial charge is 0.478 e. The number of carboxylic acid groups (broad SMARTS) is 2. The first-order valence-corrected chi connectivity index (χ1v) is 10.9. The van der Waals surface area contributed by atoms with E-state index in [0.717, 1.165) is 25.7 Å². The molecule has 0 aliphatic heterocycles. The third kappa shape index (κ3) is 12.9. The second-order valence-corrected chi connectivity index (χ2v) is 8.11. The molecule has 7 nitrogen and oxygen atoms in total. The summed E-state index contributed by atoms with van der Waals surface area (Å²) in [4.78, 5) is 22.6. The molecule has 0 radical (unpaired) electrons. The first-order valence-electron chi connectivity index (χ1n) is 9.32. The summed E-state index contributed by atoms with van der Waals surface area (Å²) in [6.07, 6.45) is 10.3. The Labute approximate surface area is 156 Å². The molecule has 0 bridgehead atoms. The van der Waals surface area contributed by atoms with Crippen LogP contribution >= 0.6 is 0 Å². The van der Waals surface area contributed by atoms with Gasteiger partial charge in [0.05, 0.1) is 5.75 Å². The Kier molecular flexibility index (Phi) is 13.0. The number of hydrogen-bond donors (Lipinski definition) is 3. The lowest BCUT2D eigenvalue weighted by Crippen LogP contribution is -2.15. The highest BCUT2D eigenvalue weighted by atomic mass is 32.2. The van der Waals surface area contributed by atoms with Crippen LogP contribution in [0.15, 0.2) is 11.1 Å². The Morgan fingerprint density at radius 2 is 1.08 bits per heavy atom. The summed E-state index contributed by atoms with van der Waals surface area (Å²) in [5.41, 5.74) is -0.730. The van der Waals surface area contributed by atoms with Crippen LogP contribution in [0.2, 0.25) is 0 Å². The summed E-state index contributed by atoms with van der Waals surface area (Å²) in [5.74, 6) is -3.62. The van der Waals surface area contributed by atoms with Gasteiger partial charge in [-0.15, -0.1) is 0 Å². The number of aliphatic carboxylic acids is 2. The Bertz CT molecular complexity index is 564. The lowest BCUT2D eigenvalue weighted by molar-refractivity contribution is -0.136. The van der Waals surface area contributed by atoms with Crippen molar-refractivity contribution in [2.75, 3.05) is 5.75 Å². The Morgan fingerprint density at radius 1 is 0.692 bits per heavy atom. The van der Waals surface area contributed by atoms with E-state index >= 15 is 0 Å². The third-order valence-corrected chi connectivity index (χ3v) is 4.99. The number of rotatable bonds is 16. The lowest BCUT2D eigenvalue weighted by atomic mass is 9.99. The summed E-state index contributed by atoms with van der Waals surface area (Å²) in [7, 11) is -4.35. The normalized spacial score (nSPS) is 12.7. The summed E-state index contributed by atoms with van der Waals surface area (Å²) in [6, 6.07) is 0. The zero-order chi connectivity index (χ0) is 20.0. The summed E-state index contributed by atoms with van der Waals surface area (Å²) in [6.45, 7) is 2.18. The summed E-state index contributed by atoms with van der Waals surface area (Å²) in [5, 5.41) is 18.4. The van der Waals surface area contributed by atoms with Gasteiger partial charge in [-0.2, -0.15) is 8.42 Å². The van der Waals surface area contributed by atoms with Gasteiger partial charge in [0, 0.05) is 11.1 Å². The average molecular weight is 393 g/mol. The fourth-order valence-corrected chi connectivity index (χ4v) is 3.26. The number of unbranched alkanes of at least 4 members (excludes halogenated alkanes) is 9. The van der Waals surface area contributed by atoms with Gasteiger partial charge in [-0.3, -0.25) is 4.55 Å². The second kappa shape index (κ2) is 13.7. The first-order chi connectivity index (χ1) is 12.2. The smallest absolute Gasteiger partial charge is 0.332 e. The maximum atomic E-state index is 11.3. The molecule has 0 aliphatic carbocycles. The quantitative estimate of drug-likeness (QED) is 0.205. The van der Waals surface area contributed by atoms with Crippen LogP contribution in [0.1, 0.15) is 84.0 Å². The molecule has 0 rings (SSSR count). The molecule has 0 aromatic carbocycles. The minimum absolute atomic E-state index is 0.0823. The minimum Gasteiger partial charge on any atom is -0.478 e. The Balaban J connectivity index is 4.35. The standard InChI is InChI=1S/C18H32O7S/c1-2-3-4-5-6-7-8-9-10-11-12-15(17(19)20)16(18(21)22)13-14-26(23,24)25/h2-14H2,1H3,(H,19,20)(H,21,22)(H,23,24,25). The van der Waals surface area contributed by atoms with Crippen LogP contribution < -0.4 is 0 Å². The van der Waals surface area contributed by atoms with E-state index in [-0.39, 0.29) is 12.0 Å². The number of carboxylic acids is 2. The zero-order valence-corrected chi connectivity index (χ0v) is 16.4. The van der Waals surface area contributed by atoms with E-state index in [1.165, 1.54) is 32.1 Å². The van der Waals surface area contributed by atoms with Crippen molar-refractivity contribution in [1.82, 2.24) is 0 Å². The highest BCUT2D eigenvalue weighted by Crippen LogP contribution is 2.19. The predicted molar refractivity (Wildman–Crippen MR) is 99.8 cm³/mol. The van der Waals surface area contributed by atoms with Gasteiger partial charge in [0.1, 0.15) is 0 Å². The van der Waals surface area contributed by atoms with Gasteiger partial charge >= 0.3 is 11.9 Å². The van der Waals surface area contributed by atoms with Crippen molar-refractivity contribution in [3.05, 3.63) is 11.1 Å². The van der Waals surface area contributed by atoms with Crippen molar-refractivity contribution in [1.29, 1.82) is 0 Å². The molecule has 0 aliphatic rings. The van der Waals surface area contributed by atoms with Crippen molar-refractivity contribution < 1.29 is 32.8 Å². The van der Waals surface area contributed by atoms with E-state index in [9.17, 15) is 23.1 Å². The number of carbonyl (C=O) groups is 2. The maximum absolute atomic E-state index is 11.3. The Morgan fingerprint density at radius 3 is 1.46 bits per heavy atom. The molecule has 0 amide bonds. The minimum atomic E-state index is -4.35. The lowest BCUT2D eigenvalue weighted by Gasteiger charge is -2.09. The topological polar surface area (TPSA) is 129 Å². The molecule has 0 unspecified atom stereocenters. The molecule has 0 heterocycles. The van der Waals surface area contributed by atoms with Crippen LogP contribution in [0, 0.1) is 0 Å². The van der Waals surface area contributed by atoms with Crippen LogP contribution in [-0.4, -0.2) is 40.9 Å². The third-order valence-electron chi connectivity index (χ3n) is 4.27. The van der Waals surface area contributed by atoms with Gasteiger partial charge in [0.15, 0.2) is 0 Å². The maximum Gasteiger partial charge on any atom is 0.332 e. The van der Waals surface area contributed by atoms with Crippen LogP contribution in [0.5, 0.6) is 0 Å². The van der Waals surface area contributed by atoms with Gasteiger partial charge in [0.25, 0.3) is 10.1 Å². The molecule has 3 N–H and O–H groups in total. The van der Waals surface area contributed by atoms with Crippen LogP contribution in [0.25, 0.3) is 0 Å². The van der Waals surface area contributed by atoms with Gasteiger partial charge in [-0.1, -0.05) is 64.7 Å². The highest BCUT2D eigenvalue weighted by molar-refractivity contribution is 7.85. The van der Waals surface area contributed by atoms with Gasteiger partial charge < -0.3 is 10.2 Å². The monoisotopic (exact) mass is 392 g/mol. The van der Waals surface area contributed by atoms with Crippen LogP contribution in [0.4, 0.5) is 0 Å². The van der Waals surface area contributed by atoms with Gasteiger partial charge in [-0.05, 0) is 19.3 Å². The Hall–Kier alpha value is -1.41. The van der Waals surface area contributed by atoms with Gasteiger partial charge in [0.2, 0.25) is 0 Å². The zero-order valence-electron chi connectivity index (χ0n) is 15.6. The van der Waals surface area contributed by atoms with E-state index < -0.39 is 39.8 Å². The molecular weight excluding hydrogens is 360 g/mol. The van der Waals surface area contributed by atoms with E-state index in [2.05, 4.69) is 6.92 Å². The van der Waals surface area contributed by atoms with E-state index in [0.29, 0.717) is 6.42 Å². The summed E-state index contributed by atoms with van der Waals surface area (Å²) >= 11 is 0. The van der Waals surface area contributed by atoms with Crippen molar-refractivity contribution in [2.24, 2.45) is 0 Å². The van der Waals surface area contributed by atoms with Crippen LogP contribution in [-0.2, 0) is 19.7 Å². The second-order valence-electron chi connectivity index (χ2n) is 6.54. The highest BCUT2D eigenvalue weighted by Gasteiger charge is 2.21. The molecule has 0 spiro atoms. The molecule has 0 fully saturated rings. The fraction of sp³-hybridized carbons (Fsp3) is 0.778. The molecule has 26 heavy (non-hydrogen) atoms. The van der Waals surface area contributed by atoms with E-state index in [1.54, 1.807) is 0 Å². The molecule has 0 saturated carbocycles. The van der Waals surface area contributed by atoms with Crippen molar-refractivity contribution >= 4 is 22.1 Å². The average Bonchev–Trinajstić information content (AvgIpc) is 2.53. The molecule has 8 heteroatoms. The molecular formula is C18H32O7S. The number of hydrogen-bond acceptors (Lipinski definition) is 4. The van der Waals surface area contributed by atoms with Crippen molar-refractivity contribution in [3.8, 4) is 0 Å². The molecule has 0 saturated heterocycles. The molecule has 152 valence electrons. The van der Waals surface area contributed by atoms with Crippen molar-refractivity contribution in [2.45, 2.75) is 84.0 Å². The SMILES string of the molecule is CCCCCCCCCCCCC(C(=O)O)=C(CCS(=O)(=O)O)C(=O)O. The summed E-state index contributed by atoms with van der Waals surface area (Å²) < 4.78 is 30.3. The van der Waals surface area contributed by atoms with Gasteiger partial charge in [-0.25, -0.2) is 9.59 Å². The predicted octanol–water partition coefficient (Wildman–Crippen LogP) is 4.04. The fourth-order valence-electron chi connectivity index (χ4n) is 2.79. The molecule has 0 aromatic rings. The molecule has 0 aromatic heterocycles. The van der Waals surface area contributed by atoms with E-state index in [4.69, 9.17) is 9.66 Å². The first kappa shape index (κ1) is 24.6. The van der Waals surface area contributed by atoms with Crippen molar-refractivity contribution in [3.63, 3.8) is 0 Å².